The Morgan fingerprint density at radius 2 is 1.13 bits per heavy atom. The third-order valence-corrected chi connectivity index (χ3v) is 8.62. The Hall–Kier alpha value is -5.76. The first-order chi connectivity index (χ1) is 22.8. The number of fused-ring (bicyclic) bond motifs is 4. The van der Waals surface area contributed by atoms with Gasteiger partial charge in [-0.2, -0.15) is 4.40 Å². The van der Waals surface area contributed by atoms with Gasteiger partial charge in [0.05, 0.1) is 50.6 Å². The van der Waals surface area contributed by atoms with Crippen molar-refractivity contribution in [3.05, 3.63) is 115 Å². The number of aryl methyl sites for hydroxylation is 1. The minimum atomic E-state index is -0.340. The van der Waals surface area contributed by atoms with Crippen LogP contribution in [-0.2, 0) is 0 Å². The summed E-state index contributed by atoms with van der Waals surface area (Å²) in [6, 6.07) is 26.5. The maximum atomic E-state index is 13.9. The number of halogens is 2. The summed E-state index contributed by atoms with van der Waals surface area (Å²) < 4.78 is 53.2. The van der Waals surface area contributed by atoms with Crippen molar-refractivity contribution < 1.29 is 32.1 Å². The fourth-order valence-corrected chi connectivity index (χ4v) is 6.28. The summed E-state index contributed by atoms with van der Waals surface area (Å²) in [4.78, 5) is 4.90. The van der Waals surface area contributed by atoms with Gasteiger partial charge in [0.25, 0.3) is 0 Å². The summed E-state index contributed by atoms with van der Waals surface area (Å²) in [6.07, 6.45) is 2.02. The van der Waals surface area contributed by atoms with Crippen molar-refractivity contribution in [3.63, 3.8) is 0 Å². The Morgan fingerprint density at radius 1 is 0.553 bits per heavy atom. The second kappa shape index (κ2) is 11.9. The number of hydrogen-bond donors (Lipinski definition) is 0. The highest BCUT2D eigenvalue weighted by molar-refractivity contribution is 6.05. The van der Waals surface area contributed by atoms with Gasteiger partial charge in [-0.25, -0.2) is 13.8 Å². The van der Waals surface area contributed by atoms with Gasteiger partial charge in [-0.15, -0.1) is 0 Å². The summed E-state index contributed by atoms with van der Waals surface area (Å²) in [5, 5.41) is 3.83. The summed E-state index contributed by atoms with van der Waals surface area (Å²) in [6.45, 7) is 2.07. The standard InChI is InChI=1S/C39H31F2N2O4/c1-22-30-21-37(45-3)36(44-2)19-26(30)18-35-32-20-31(39(47-5)38(46-4)29(32)14-15-43(22)35)25-16-33(23-6-10-27(40)11-7-23)42-34(17-25)24-8-12-28(41)13-9-24/h6-21H,1-5H3/q+1. The highest BCUT2D eigenvalue weighted by atomic mass is 19.1. The Morgan fingerprint density at radius 3 is 1.68 bits per heavy atom. The molecule has 0 amide bonds. The molecule has 0 bridgehead atoms. The molecule has 0 spiro atoms. The van der Waals surface area contributed by atoms with Crippen LogP contribution >= 0.6 is 0 Å². The maximum Gasteiger partial charge on any atom is 0.219 e. The van der Waals surface area contributed by atoms with Crippen molar-refractivity contribution in [3.8, 4) is 56.6 Å². The molecule has 6 nitrogen and oxygen atoms in total. The quantitative estimate of drug-likeness (QED) is 0.100. The smallest absolute Gasteiger partial charge is 0.219 e. The number of methoxy groups -OCH3 is 4. The fourth-order valence-electron chi connectivity index (χ4n) is 6.28. The molecule has 0 fully saturated rings. The third-order valence-electron chi connectivity index (χ3n) is 8.62. The van der Waals surface area contributed by atoms with E-state index in [1.165, 1.54) is 24.3 Å². The summed E-state index contributed by atoms with van der Waals surface area (Å²) in [7, 11) is 6.50. The van der Waals surface area contributed by atoms with E-state index in [9.17, 15) is 8.78 Å². The lowest BCUT2D eigenvalue weighted by molar-refractivity contribution is -0.516. The maximum absolute atomic E-state index is 13.9. The van der Waals surface area contributed by atoms with Crippen molar-refractivity contribution in [2.45, 2.75) is 6.92 Å². The largest absolute Gasteiger partial charge is 0.493 e. The monoisotopic (exact) mass is 629 g/mol. The Balaban J connectivity index is 1.55. The van der Waals surface area contributed by atoms with Gasteiger partial charge < -0.3 is 18.9 Å². The first-order valence-corrected chi connectivity index (χ1v) is 15.0. The van der Waals surface area contributed by atoms with Gasteiger partial charge in [0.2, 0.25) is 5.52 Å². The molecule has 0 saturated heterocycles. The van der Waals surface area contributed by atoms with Crippen molar-refractivity contribution in [2.24, 2.45) is 0 Å². The minimum absolute atomic E-state index is 0.340. The van der Waals surface area contributed by atoms with Crippen LogP contribution in [0.25, 0.3) is 60.7 Å². The predicted molar refractivity (Wildman–Crippen MR) is 180 cm³/mol. The van der Waals surface area contributed by atoms with Crippen molar-refractivity contribution in [2.75, 3.05) is 28.4 Å². The third kappa shape index (κ3) is 5.12. The van der Waals surface area contributed by atoms with Crippen LogP contribution in [-0.4, -0.2) is 33.4 Å². The van der Waals surface area contributed by atoms with Gasteiger partial charge in [0.15, 0.2) is 34.9 Å². The van der Waals surface area contributed by atoms with Crippen molar-refractivity contribution in [1.82, 2.24) is 4.98 Å². The Kier molecular flexibility index (Phi) is 7.56. The zero-order chi connectivity index (χ0) is 32.8. The van der Waals surface area contributed by atoms with Gasteiger partial charge >= 0.3 is 0 Å². The molecule has 0 N–H and O–H groups in total. The lowest BCUT2D eigenvalue weighted by Gasteiger charge is -2.17. The molecule has 0 saturated carbocycles. The van der Waals surface area contributed by atoms with Crippen LogP contribution in [0.3, 0.4) is 0 Å². The second-order valence-corrected chi connectivity index (χ2v) is 11.2. The average Bonchev–Trinajstić information content (AvgIpc) is 3.10. The van der Waals surface area contributed by atoms with Gasteiger partial charge in [-0.05, 0) is 89.8 Å². The number of nitrogens with zero attached hydrogens (tertiary/aromatic N) is 2. The van der Waals surface area contributed by atoms with E-state index in [1.54, 1.807) is 52.7 Å². The van der Waals surface area contributed by atoms with Crippen LogP contribution < -0.4 is 23.3 Å². The van der Waals surface area contributed by atoms with Gasteiger partial charge in [0, 0.05) is 41.1 Å². The van der Waals surface area contributed by atoms with Crippen LogP contribution in [0.4, 0.5) is 8.78 Å². The first kappa shape index (κ1) is 29.9. The molecule has 3 heterocycles. The lowest BCUT2D eigenvalue weighted by atomic mass is 9.95. The van der Waals surface area contributed by atoms with Crippen LogP contribution in [0.5, 0.6) is 23.0 Å². The summed E-state index contributed by atoms with van der Waals surface area (Å²) in [5.74, 6) is 1.75. The highest BCUT2D eigenvalue weighted by Crippen LogP contribution is 2.46. The van der Waals surface area contributed by atoms with E-state index in [0.29, 0.717) is 34.4 Å². The Labute approximate surface area is 270 Å². The molecule has 0 aliphatic heterocycles. The van der Waals surface area contributed by atoms with Gasteiger partial charge in [0.1, 0.15) is 11.6 Å². The van der Waals surface area contributed by atoms with E-state index in [-0.39, 0.29) is 11.6 Å². The number of pyridine rings is 3. The van der Waals surface area contributed by atoms with E-state index in [4.69, 9.17) is 23.9 Å². The molecule has 4 aromatic carbocycles. The number of ether oxygens (including phenoxy) is 4. The number of rotatable bonds is 7. The highest BCUT2D eigenvalue weighted by Gasteiger charge is 2.24. The van der Waals surface area contributed by atoms with Gasteiger partial charge in [-0.3, -0.25) is 0 Å². The van der Waals surface area contributed by atoms with Crippen molar-refractivity contribution in [1.29, 1.82) is 0 Å². The summed E-state index contributed by atoms with van der Waals surface area (Å²) >= 11 is 0. The molecule has 0 atom stereocenters. The topological polar surface area (TPSA) is 53.9 Å². The lowest BCUT2D eigenvalue weighted by Crippen LogP contribution is -2.25. The molecule has 8 heteroatoms. The van der Waals surface area contributed by atoms with E-state index in [1.807, 2.05) is 36.5 Å². The molecule has 47 heavy (non-hydrogen) atoms. The molecule has 7 rings (SSSR count). The fraction of sp³-hybridized carbons (Fsp3) is 0.128. The number of aromatic nitrogens is 2. The van der Waals surface area contributed by atoms with Crippen LogP contribution in [0, 0.1) is 18.6 Å². The van der Waals surface area contributed by atoms with E-state index in [2.05, 4.69) is 23.5 Å². The molecular formula is C39H31F2N2O4+. The van der Waals surface area contributed by atoms with Crippen LogP contribution in [0.15, 0.2) is 97.2 Å². The number of hydrogen-bond acceptors (Lipinski definition) is 5. The molecule has 0 aliphatic carbocycles. The Bertz CT molecular complexity index is 2260. The SMILES string of the molecule is COc1cc2cc3c4cc(-c5cc(-c6ccc(F)cc6)nc(-c6ccc(F)cc6)c5)c(OC)c(OC)c4cc[n+]3c(C)c2cc1OC. The van der Waals surface area contributed by atoms with Crippen LogP contribution in [0.2, 0.25) is 0 Å². The summed E-state index contributed by atoms with van der Waals surface area (Å²) in [5.41, 5.74) is 6.25. The molecule has 0 radical (unpaired) electrons. The van der Waals surface area contributed by atoms with E-state index in [0.717, 1.165) is 55.0 Å². The molecular weight excluding hydrogens is 598 g/mol. The zero-order valence-corrected chi connectivity index (χ0v) is 26.5. The van der Waals surface area contributed by atoms with Crippen molar-refractivity contribution >= 4 is 27.1 Å². The normalized spacial score (nSPS) is 11.3. The molecule has 3 aromatic heterocycles. The minimum Gasteiger partial charge on any atom is -0.493 e. The molecule has 0 unspecified atom stereocenters. The van der Waals surface area contributed by atoms with Crippen LogP contribution in [0.1, 0.15) is 5.69 Å². The molecule has 7 aromatic rings. The van der Waals surface area contributed by atoms with E-state index >= 15 is 0 Å². The zero-order valence-electron chi connectivity index (χ0n) is 26.5. The first-order valence-electron chi connectivity index (χ1n) is 15.0. The molecule has 0 aliphatic rings. The predicted octanol–water partition coefficient (Wildman–Crippen LogP) is 8.75. The average molecular weight is 630 g/mol. The van der Waals surface area contributed by atoms with Gasteiger partial charge in [-0.1, -0.05) is 0 Å². The number of benzene rings is 4. The second-order valence-electron chi connectivity index (χ2n) is 11.2. The molecule has 234 valence electrons. The van der Waals surface area contributed by atoms with E-state index < -0.39 is 0 Å².